The molecule has 1 saturated carbocycles. The minimum atomic E-state index is -0.254. The van der Waals surface area contributed by atoms with Gasteiger partial charge in [-0.3, -0.25) is 9.69 Å². The Balaban J connectivity index is 1.92. The van der Waals surface area contributed by atoms with Crippen molar-refractivity contribution in [1.82, 2.24) is 9.88 Å². The molecule has 21 heavy (non-hydrogen) atoms. The van der Waals surface area contributed by atoms with Crippen molar-refractivity contribution in [3.63, 3.8) is 0 Å². The number of hydrogen-bond acceptors (Lipinski definition) is 4. The molecular weight excluding hydrogens is 266 g/mol. The molecule has 0 bridgehead atoms. The van der Waals surface area contributed by atoms with Gasteiger partial charge in [0.15, 0.2) is 0 Å². The van der Waals surface area contributed by atoms with Crippen molar-refractivity contribution in [1.29, 1.82) is 0 Å². The summed E-state index contributed by atoms with van der Waals surface area (Å²) in [5.74, 6) is 0.503. The van der Waals surface area contributed by atoms with Crippen LogP contribution in [0.25, 0.3) is 0 Å². The number of aromatic nitrogens is 1. The first kappa shape index (κ1) is 15.9. The lowest BCUT2D eigenvalue weighted by Gasteiger charge is -2.34. The standard InChI is InChI=1S/C16H25N3O2/c1-13(15(21)18-14-7-3-6-10-17-14)19(2)11-16(12-20)8-4-5-9-16/h3,6-7,10,13,20H,4-5,8-9,11-12H2,1-2H3,(H,17,18,21)/t13-/m0/s1. The van der Waals surface area contributed by atoms with Crippen LogP contribution < -0.4 is 5.32 Å². The molecule has 1 aliphatic carbocycles. The second kappa shape index (κ2) is 7.00. The summed E-state index contributed by atoms with van der Waals surface area (Å²) in [7, 11) is 1.94. The summed E-state index contributed by atoms with van der Waals surface area (Å²) in [6, 6.07) is 5.18. The van der Waals surface area contributed by atoms with E-state index in [4.69, 9.17) is 0 Å². The summed E-state index contributed by atoms with van der Waals surface area (Å²) >= 11 is 0. The van der Waals surface area contributed by atoms with Crippen LogP contribution in [0.2, 0.25) is 0 Å². The van der Waals surface area contributed by atoms with Gasteiger partial charge < -0.3 is 10.4 Å². The van der Waals surface area contributed by atoms with Crippen molar-refractivity contribution in [3.8, 4) is 0 Å². The maximum absolute atomic E-state index is 12.3. The summed E-state index contributed by atoms with van der Waals surface area (Å²) < 4.78 is 0. The number of carbonyl (C=O) groups excluding carboxylic acids is 1. The molecule has 0 saturated heterocycles. The Morgan fingerprint density at radius 2 is 2.19 bits per heavy atom. The summed E-state index contributed by atoms with van der Waals surface area (Å²) in [6.07, 6.45) is 6.08. The van der Waals surface area contributed by atoms with E-state index >= 15 is 0 Å². The van der Waals surface area contributed by atoms with Crippen molar-refractivity contribution >= 4 is 11.7 Å². The van der Waals surface area contributed by atoms with Gasteiger partial charge in [0.1, 0.15) is 5.82 Å². The number of likely N-dealkylation sites (N-methyl/N-ethyl adjacent to an activating group) is 1. The number of amides is 1. The van der Waals surface area contributed by atoms with Crippen molar-refractivity contribution in [2.75, 3.05) is 25.5 Å². The molecule has 5 heteroatoms. The number of pyridine rings is 1. The Morgan fingerprint density at radius 3 is 2.76 bits per heavy atom. The zero-order chi connectivity index (χ0) is 15.3. The lowest BCUT2D eigenvalue weighted by atomic mass is 9.86. The van der Waals surface area contributed by atoms with Crippen LogP contribution in [0.3, 0.4) is 0 Å². The molecule has 0 spiro atoms. The number of anilines is 1. The number of aliphatic hydroxyl groups is 1. The van der Waals surface area contributed by atoms with Crippen LogP contribution in [0.4, 0.5) is 5.82 Å². The molecule has 2 rings (SSSR count). The number of nitrogens with zero attached hydrogens (tertiary/aromatic N) is 2. The van der Waals surface area contributed by atoms with Crippen LogP contribution in [0, 0.1) is 5.41 Å². The predicted octanol–water partition coefficient (Wildman–Crippen LogP) is 1.89. The Kier molecular flexibility index (Phi) is 5.31. The van der Waals surface area contributed by atoms with E-state index in [1.807, 2.05) is 31.0 Å². The smallest absolute Gasteiger partial charge is 0.242 e. The van der Waals surface area contributed by atoms with Gasteiger partial charge in [-0.2, -0.15) is 0 Å². The monoisotopic (exact) mass is 291 g/mol. The fourth-order valence-electron chi connectivity index (χ4n) is 3.02. The van der Waals surface area contributed by atoms with Gasteiger partial charge in [0, 0.05) is 24.8 Å². The number of nitrogens with one attached hydrogen (secondary N) is 1. The van der Waals surface area contributed by atoms with Gasteiger partial charge in [0.2, 0.25) is 5.91 Å². The summed E-state index contributed by atoms with van der Waals surface area (Å²) in [4.78, 5) is 18.4. The second-order valence-corrected chi connectivity index (χ2v) is 6.16. The van der Waals surface area contributed by atoms with Crippen LogP contribution in [0.5, 0.6) is 0 Å². The third-order valence-corrected chi connectivity index (χ3v) is 4.54. The maximum Gasteiger partial charge on any atom is 0.242 e. The highest BCUT2D eigenvalue weighted by atomic mass is 16.3. The number of aliphatic hydroxyl groups excluding tert-OH is 1. The minimum absolute atomic E-state index is 0.0334. The van der Waals surface area contributed by atoms with E-state index in [2.05, 4.69) is 10.3 Å². The zero-order valence-corrected chi connectivity index (χ0v) is 12.9. The van der Waals surface area contributed by atoms with E-state index in [1.54, 1.807) is 12.3 Å². The molecule has 116 valence electrons. The molecule has 1 aliphatic rings. The van der Waals surface area contributed by atoms with E-state index in [1.165, 1.54) is 12.8 Å². The van der Waals surface area contributed by atoms with Crippen LogP contribution >= 0.6 is 0 Å². The van der Waals surface area contributed by atoms with Crippen LogP contribution in [-0.2, 0) is 4.79 Å². The molecule has 0 radical (unpaired) electrons. The van der Waals surface area contributed by atoms with E-state index in [9.17, 15) is 9.90 Å². The Bertz CT molecular complexity index is 458. The normalized spacial score (nSPS) is 18.7. The summed E-state index contributed by atoms with van der Waals surface area (Å²) in [5.41, 5.74) is -0.0334. The predicted molar refractivity (Wildman–Crippen MR) is 82.9 cm³/mol. The van der Waals surface area contributed by atoms with E-state index in [0.717, 1.165) is 19.4 Å². The third-order valence-electron chi connectivity index (χ3n) is 4.54. The average molecular weight is 291 g/mol. The van der Waals surface area contributed by atoms with Gasteiger partial charge in [-0.1, -0.05) is 18.9 Å². The van der Waals surface area contributed by atoms with Crippen molar-refractivity contribution < 1.29 is 9.90 Å². The minimum Gasteiger partial charge on any atom is -0.396 e. The summed E-state index contributed by atoms with van der Waals surface area (Å²) in [5, 5.41) is 12.5. The van der Waals surface area contributed by atoms with E-state index < -0.39 is 0 Å². The molecule has 1 aromatic rings. The fraction of sp³-hybridized carbons (Fsp3) is 0.625. The second-order valence-electron chi connectivity index (χ2n) is 6.16. The SMILES string of the molecule is C[C@@H](C(=O)Nc1ccccn1)N(C)CC1(CO)CCCC1. The molecule has 0 unspecified atom stereocenters. The largest absolute Gasteiger partial charge is 0.396 e. The van der Waals surface area contributed by atoms with E-state index in [-0.39, 0.29) is 24.0 Å². The molecule has 1 atom stereocenters. The molecule has 1 heterocycles. The van der Waals surface area contributed by atoms with Crippen LogP contribution in [-0.4, -0.2) is 47.1 Å². The van der Waals surface area contributed by atoms with Crippen LogP contribution in [0.15, 0.2) is 24.4 Å². The van der Waals surface area contributed by atoms with Gasteiger partial charge >= 0.3 is 0 Å². The Hall–Kier alpha value is -1.46. The molecule has 5 nitrogen and oxygen atoms in total. The highest BCUT2D eigenvalue weighted by molar-refractivity contribution is 5.93. The lowest BCUT2D eigenvalue weighted by molar-refractivity contribution is -0.121. The fourth-order valence-corrected chi connectivity index (χ4v) is 3.02. The third kappa shape index (κ3) is 4.02. The van der Waals surface area contributed by atoms with Gasteiger partial charge in [-0.25, -0.2) is 4.98 Å². The number of hydrogen-bond donors (Lipinski definition) is 2. The van der Waals surface area contributed by atoms with Gasteiger partial charge in [-0.15, -0.1) is 0 Å². The highest BCUT2D eigenvalue weighted by Gasteiger charge is 2.35. The Morgan fingerprint density at radius 1 is 1.48 bits per heavy atom. The lowest BCUT2D eigenvalue weighted by Crippen LogP contribution is -2.45. The molecule has 1 amide bonds. The first-order valence-corrected chi connectivity index (χ1v) is 7.59. The molecule has 1 fully saturated rings. The van der Waals surface area contributed by atoms with Crippen molar-refractivity contribution in [3.05, 3.63) is 24.4 Å². The Labute approximate surface area is 126 Å². The molecule has 1 aromatic heterocycles. The van der Waals surface area contributed by atoms with E-state index in [0.29, 0.717) is 5.82 Å². The van der Waals surface area contributed by atoms with Crippen molar-refractivity contribution in [2.24, 2.45) is 5.41 Å². The zero-order valence-electron chi connectivity index (χ0n) is 12.9. The molecule has 2 N–H and O–H groups in total. The first-order chi connectivity index (χ1) is 10.1. The topological polar surface area (TPSA) is 65.5 Å². The first-order valence-electron chi connectivity index (χ1n) is 7.59. The quantitative estimate of drug-likeness (QED) is 0.840. The molecular formula is C16H25N3O2. The van der Waals surface area contributed by atoms with Gasteiger partial charge in [0.25, 0.3) is 0 Å². The van der Waals surface area contributed by atoms with Gasteiger partial charge in [0.05, 0.1) is 6.04 Å². The van der Waals surface area contributed by atoms with Crippen molar-refractivity contribution in [2.45, 2.75) is 38.6 Å². The van der Waals surface area contributed by atoms with Crippen LogP contribution in [0.1, 0.15) is 32.6 Å². The molecule has 0 aromatic carbocycles. The average Bonchev–Trinajstić information content (AvgIpc) is 2.96. The molecule has 0 aliphatic heterocycles. The highest BCUT2D eigenvalue weighted by Crippen LogP contribution is 2.38. The summed E-state index contributed by atoms with van der Waals surface area (Å²) in [6.45, 7) is 2.84. The number of rotatable bonds is 6. The number of carbonyl (C=O) groups is 1. The van der Waals surface area contributed by atoms with Gasteiger partial charge in [-0.05, 0) is 38.9 Å². The maximum atomic E-state index is 12.3.